The molecular formula is C18H21N2O. The molecule has 2 aromatic rings. The van der Waals surface area contributed by atoms with Gasteiger partial charge in [-0.2, -0.15) is 0 Å². The Morgan fingerprint density at radius 3 is 2.71 bits per heavy atom. The lowest BCUT2D eigenvalue weighted by molar-refractivity contribution is -0.0117. The van der Waals surface area contributed by atoms with Crippen LogP contribution < -0.4 is 0 Å². The number of hydrogen-bond acceptors (Lipinski definition) is 3. The van der Waals surface area contributed by atoms with E-state index >= 15 is 0 Å². The van der Waals surface area contributed by atoms with E-state index in [1.165, 1.54) is 11.1 Å². The van der Waals surface area contributed by atoms with Crippen molar-refractivity contribution in [2.75, 3.05) is 26.3 Å². The van der Waals surface area contributed by atoms with Crippen LogP contribution in [0.1, 0.15) is 19.4 Å². The van der Waals surface area contributed by atoms with E-state index in [-0.39, 0.29) is 5.54 Å². The summed E-state index contributed by atoms with van der Waals surface area (Å²) in [5.41, 5.74) is 3.63. The molecule has 1 aromatic heterocycles. The summed E-state index contributed by atoms with van der Waals surface area (Å²) in [6.45, 7) is 8.18. The second kappa shape index (κ2) is 5.96. The molecule has 0 amide bonds. The Labute approximate surface area is 126 Å². The van der Waals surface area contributed by atoms with Gasteiger partial charge in [0.1, 0.15) is 0 Å². The Kier molecular flexibility index (Phi) is 4.04. The lowest BCUT2D eigenvalue weighted by Crippen LogP contribution is -2.47. The summed E-state index contributed by atoms with van der Waals surface area (Å²) in [6, 6.07) is 13.7. The van der Waals surface area contributed by atoms with Crippen LogP contribution in [0, 0.1) is 6.07 Å². The lowest BCUT2D eigenvalue weighted by atomic mass is 9.89. The number of aromatic nitrogens is 1. The number of hydrogen-bond donors (Lipinski definition) is 0. The van der Waals surface area contributed by atoms with Gasteiger partial charge in [0.15, 0.2) is 0 Å². The largest absolute Gasteiger partial charge is 0.379 e. The smallest absolute Gasteiger partial charge is 0.0594 e. The van der Waals surface area contributed by atoms with Crippen LogP contribution >= 0.6 is 0 Å². The average Bonchev–Trinajstić information content (AvgIpc) is 2.57. The molecule has 1 aliphatic heterocycles. The molecule has 2 heterocycles. The Morgan fingerprint density at radius 1 is 1.19 bits per heavy atom. The Bertz CT molecular complexity index is 589. The number of nitrogens with zero attached hydrogens (tertiary/aromatic N) is 2. The molecule has 1 aliphatic rings. The van der Waals surface area contributed by atoms with Crippen molar-refractivity contribution in [2.24, 2.45) is 0 Å². The fourth-order valence-corrected chi connectivity index (χ4v) is 2.87. The molecule has 0 spiro atoms. The van der Waals surface area contributed by atoms with E-state index in [1.807, 2.05) is 12.3 Å². The van der Waals surface area contributed by atoms with Crippen LogP contribution in [0.3, 0.4) is 0 Å². The van der Waals surface area contributed by atoms with Crippen LogP contribution in [0.5, 0.6) is 0 Å². The van der Waals surface area contributed by atoms with Crippen molar-refractivity contribution in [3.63, 3.8) is 0 Å². The number of ether oxygens (including phenoxy) is 1. The van der Waals surface area contributed by atoms with E-state index in [0.717, 1.165) is 31.9 Å². The molecule has 0 N–H and O–H groups in total. The Hall–Kier alpha value is -1.71. The van der Waals surface area contributed by atoms with Gasteiger partial charge in [-0.3, -0.25) is 9.88 Å². The third-order valence-corrected chi connectivity index (χ3v) is 4.31. The summed E-state index contributed by atoms with van der Waals surface area (Å²) < 4.78 is 5.47. The maximum atomic E-state index is 5.47. The highest BCUT2D eigenvalue weighted by molar-refractivity contribution is 5.63. The van der Waals surface area contributed by atoms with Gasteiger partial charge in [0.05, 0.1) is 13.2 Å². The predicted octanol–water partition coefficient (Wildman–Crippen LogP) is 3.12. The highest BCUT2D eigenvalue weighted by Crippen LogP contribution is 2.31. The molecule has 21 heavy (non-hydrogen) atoms. The molecule has 1 radical (unpaired) electrons. The van der Waals surface area contributed by atoms with Gasteiger partial charge in [0.25, 0.3) is 0 Å². The summed E-state index contributed by atoms with van der Waals surface area (Å²) in [7, 11) is 0. The molecule has 1 aromatic carbocycles. The third kappa shape index (κ3) is 2.99. The van der Waals surface area contributed by atoms with Gasteiger partial charge in [-0.05, 0) is 37.1 Å². The number of rotatable bonds is 3. The second-order valence-electron chi connectivity index (χ2n) is 5.91. The highest BCUT2D eigenvalue weighted by Gasteiger charge is 2.30. The van der Waals surface area contributed by atoms with Crippen LogP contribution in [0.25, 0.3) is 11.1 Å². The van der Waals surface area contributed by atoms with Gasteiger partial charge >= 0.3 is 0 Å². The Balaban J connectivity index is 1.91. The first-order chi connectivity index (χ1) is 10.2. The molecule has 0 atom stereocenters. The van der Waals surface area contributed by atoms with Crippen LogP contribution in [-0.2, 0) is 10.3 Å². The zero-order chi connectivity index (χ0) is 14.7. The van der Waals surface area contributed by atoms with Gasteiger partial charge in [0.2, 0.25) is 0 Å². The van der Waals surface area contributed by atoms with Crippen molar-refractivity contribution in [1.29, 1.82) is 0 Å². The Morgan fingerprint density at radius 2 is 2.00 bits per heavy atom. The summed E-state index contributed by atoms with van der Waals surface area (Å²) in [4.78, 5) is 6.65. The lowest BCUT2D eigenvalue weighted by Gasteiger charge is -2.41. The zero-order valence-electron chi connectivity index (χ0n) is 12.7. The summed E-state index contributed by atoms with van der Waals surface area (Å²) in [5, 5.41) is 0. The van der Waals surface area contributed by atoms with Crippen molar-refractivity contribution in [1.82, 2.24) is 9.88 Å². The fourth-order valence-electron chi connectivity index (χ4n) is 2.87. The van der Waals surface area contributed by atoms with Crippen molar-refractivity contribution < 1.29 is 4.74 Å². The maximum Gasteiger partial charge on any atom is 0.0594 e. The summed E-state index contributed by atoms with van der Waals surface area (Å²) >= 11 is 0. The zero-order valence-corrected chi connectivity index (χ0v) is 12.7. The SMILES string of the molecule is CC(C)(c1cccc(-c2c[c]cnc2)c1)N1CCOCC1. The van der Waals surface area contributed by atoms with Crippen LogP contribution in [0.2, 0.25) is 0 Å². The van der Waals surface area contributed by atoms with E-state index in [4.69, 9.17) is 4.74 Å². The van der Waals surface area contributed by atoms with Gasteiger partial charge in [0, 0.05) is 42.7 Å². The van der Waals surface area contributed by atoms with Gasteiger partial charge in [-0.1, -0.05) is 18.2 Å². The fraction of sp³-hybridized carbons (Fsp3) is 0.389. The highest BCUT2D eigenvalue weighted by atomic mass is 16.5. The normalized spacial score (nSPS) is 16.9. The first-order valence-corrected chi connectivity index (χ1v) is 7.43. The van der Waals surface area contributed by atoms with Crippen molar-refractivity contribution in [3.05, 3.63) is 54.4 Å². The number of pyridine rings is 1. The molecule has 109 valence electrons. The molecule has 1 saturated heterocycles. The molecule has 0 unspecified atom stereocenters. The van der Waals surface area contributed by atoms with E-state index < -0.39 is 0 Å². The molecule has 3 heteroatoms. The van der Waals surface area contributed by atoms with Gasteiger partial charge < -0.3 is 4.74 Å². The molecule has 1 fully saturated rings. The number of morpholine rings is 1. The third-order valence-electron chi connectivity index (χ3n) is 4.31. The molecule has 3 nitrogen and oxygen atoms in total. The van der Waals surface area contributed by atoms with Crippen LogP contribution in [-0.4, -0.2) is 36.2 Å². The molecule has 0 saturated carbocycles. The van der Waals surface area contributed by atoms with Crippen LogP contribution in [0.15, 0.2) is 42.7 Å². The summed E-state index contributed by atoms with van der Waals surface area (Å²) in [6.07, 6.45) is 3.57. The van der Waals surface area contributed by atoms with E-state index in [9.17, 15) is 0 Å². The second-order valence-corrected chi connectivity index (χ2v) is 5.91. The average molecular weight is 281 g/mol. The minimum Gasteiger partial charge on any atom is -0.379 e. The maximum absolute atomic E-state index is 5.47. The monoisotopic (exact) mass is 281 g/mol. The molecule has 0 aliphatic carbocycles. The van der Waals surface area contributed by atoms with Crippen molar-refractivity contribution in [3.8, 4) is 11.1 Å². The predicted molar refractivity (Wildman–Crippen MR) is 83.9 cm³/mol. The topological polar surface area (TPSA) is 25.4 Å². The van der Waals surface area contributed by atoms with Gasteiger partial charge in [-0.15, -0.1) is 0 Å². The first kappa shape index (κ1) is 14.2. The number of benzene rings is 1. The van der Waals surface area contributed by atoms with Crippen LogP contribution in [0.4, 0.5) is 0 Å². The van der Waals surface area contributed by atoms with E-state index in [2.05, 4.69) is 54.1 Å². The van der Waals surface area contributed by atoms with Gasteiger partial charge in [-0.25, -0.2) is 0 Å². The molecular weight excluding hydrogens is 260 g/mol. The minimum absolute atomic E-state index is 0.00567. The standard InChI is InChI=1S/C18H21N2O/c1-18(2,20-9-11-21-12-10-20)17-7-3-5-15(13-17)16-6-4-8-19-14-16/h3,5-8,13-14H,9-12H2,1-2H3. The van der Waals surface area contributed by atoms with Crippen molar-refractivity contribution >= 4 is 0 Å². The quantitative estimate of drug-likeness (QED) is 0.864. The summed E-state index contributed by atoms with van der Waals surface area (Å²) in [5.74, 6) is 0. The molecule has 3 rings (SSSR count). The first-order valence-electron chi connectivity index (χ1n) is 7.43. The van der Waals surface area contributed by atoms with E-state index in [1.54, 1.807) is 6.20 Å². The van der Waals surface area contributed by atoms with Crippen molar-refractivity contribution in [2.45, 2.75) is 19.4 Å². The van der Waals surface area contributed by atoms with E-state index in [0.29, 0.717) is 0 Å². The minimum atomic E-state index is 0.00567. The molecule has 0 bridgehead atoms.